The number of hydrogen-bond donors (Lipinski definition) is 1. The van der Waals surface area contributed by atoms with Gasteiger partial charge in [-0.25, -0.2) is 4.98 Å². The van der Waals surface area contributed by atoms with Crippen molar-refractivity contribution in [1.29, 1.82) is 0 Å². The first-order valence-corrected chi connectivity index (χ1v) is 7.31. The summed E-state index contributed by atoms with van der Waals surface area (Å²) in [4.78, 5) is 10.9. The Kier molecular flexibility index (Phi) is 4.87. The molecule has 0 aliphatic carbocycles. The van der Waals surface area contributed by atoms with E-state index in [1.807, 2.05) is 19.4 Å². The quantitative estimate of drug-likeness (QED) is 0.880. The van der Waals surface area contributed by atoms with E-state index in [1.165, 1.54) is 5.56 Å². The fourth-order valence-electron chi connectivity index (χ4n) is 1.74. The SMILES string of the molecule is CNC(C)c1csc(N(C)CCc2ccncc2)n1. The highest BCUT2D eigenvalue weighted by Gasteiger charge is 2.10. The van der Waals surface area contributed by atoms with Gasteiger partial charge in [0.1, 0.15) is 0 Å². The fraction of sp³-hybridized carbons (Fsp3) is 0.429. The lowest BCUT2D eigenvalue weighted by atomic mass is 10.2. The van der Waals surface area contributed by atoms with Gasteiger partial charge in [-0.15, -0.1) is 11.3 Å². The van der Waals surface area contributed by atoms with Gasteiger partial charge in [-0.3, -0.25) is 4.98 Å². The molecule has 2 aromatic heterocycles. The van der Waals surface area contributed by atoms with Crippen LogP contribution in [0.1, 0.15) is 24.2 Å². The van der Waals surface area contributed by atoms with Gasteiger partial charge in [-0.05, 0) is 38.1 Å². The molecule has 1 unspecified atom stereocenters. The lowest BCUT2D eigenvalue weighted by Crippen LogP contribution is -2.20. The van der Waals surface area contributed by atoms with Crippen LogP contribution in [0.15, 0.2) is 29.9 Å². The lowest BCUT2D eigenvalue weighted by Gasteiger charge is -2.15. The van der Waals surface area contributed by atoms with E-state index >= 15 is 0 Å². The topological polar surface area (TPSA) is 41.0 Å². The molecule has 0 saturated carbocycles. The first kappa shape index (κ1) is 14.0. The third-order valence-electron chi connectivity index (χ3n) is 3.20. The molecule has 1 N–H and O–H groups in total. The normalized spacial score (nSPS) is 12.4. The monoisotopic (exact) mass is 276 g/mol. The molecule has 2 heterocycles. The number of likely N-dealkylation sites (N-methyl/N-ethyl adjacent to an activating group) is 1. The Labute approximate surface area is 118 Å². The second-order valence-corrected chi connectivity index (χ2v) is 5.43. The molecule has 0 saturated heterocycles. The van der Waals surface area contributed by atoms with Gasteiger partial charge in [0.25, 0.3) is 0 Å². The van der Waals surface area contributed by atoms with Crippen molar-refractivity contribution >= 4 is 16.5 Å². The Morgan fingerprint density at radius 1 is 1.37 bits per heavy atom. The Morgan fingerprint density at radius 2 is 2.11 bits per heavy atom. The summed E-state index contributed by atoms with van der Waals surface area (Å²) in [7, 11) is 4.05. The van der Waals surface area contributed by atoms with Gasteiger partial charge in [-0.2, -0.15) is 0 Å². The van der Waals surface area contributed by atoms with Crippen LogP contribution in [-0.4, -0.2) is 30.6 Å². The summed E-state index contributed by atoms with van der Waals surface area (Å²) in [5.41, 5.74) is 2.42. The average Bonchev–Trinajstić information content (AvgIpc) is 2.95. The molecule has 5 heteroatoms. The van der Waals surface area contributed by atoms with Gasteiger partial charge in [0.15, 0.2) is 5.13 Å². The molecule has 102 valence electrons. The van der Waals surface area contributed by atoms with Crippen LogP contribution < -0.4 is 10.2 Å². The molecule has 0 fully saturated rings. The average molecular weight is 276 g/mol. The van der Waals surface area contributed by atoms with Crippen molar-refractivity contribution in [2.45, 2.75) is 19.4 Å². The molecule has 0 amide bonds. The van der Waals surface area contributed by atoms with Gasteiger partial charge in [0.2, 0.25) is 0 Å². The molecule has 19 heavy (non-hydrogen) atoms. The zero-order valence-electron chi connectivity index (χ0n) is 11.6. The summed E-state index contributed by atoms with van der Waals surface area (Å²) in [6.45, 7) is 3.08. The van der Waals surface area contributed by atoms with Crippen LogP contribution in [0.2, 0.25) is 0 Å². The molecule has 0 aromatic carbocycles. The lowest BCUT2D eigenvalue weighted by molar-refractivity contribution is 0.636. The largest absolute Gasteiger partial charge is 0.351 e. The van der Waals surface area contributed by atoms with E-state index < -0.39 is 0 Å². The van der Waals surface area contributed by atoms with Gasteiger partial charge in [-0.1, -0.05) is 0 Å². The molecular weight excluding hydrogens is 256 g/mol. The third kappa shape index (κ3) is 3.75. The summed E-state index contributed by atoms with van der Waals surface area (Å²) in [5.74, 6) is 0. The third-order valence-corrected chi connectivity index (χ3v) is 4.17. The van der Waals surface area contributed by atoms with Crippen LogP contribution in [-0.2, 0) is 6.42 Å². The predicted octanol–water partition coefficient (Wildman–Crippen LogP) is 2.50. The number of nitrogens with zero attached hydrogens (tertiary/aromatic N) is 3. The van der Waals surface area contributed by atoms with Crippen molar-refractivity contribution in [2.75, 3.05) is 25.5 Å². The van der Waals surface area contributed by atoms with Gasteiger partial charge >= 0.3 is 0 Å². The van der Waals surface area contributed by atoms with Crippen LogP contribution in [0.25, 0.3) is 0 Å². The van der Waals surface area contributed by atoms with Crippen molar-refractivity contribution in [3.05, 3.63) is 41.2 Å². The van der Waals surface area contributed by atoms with Crippen molar-refractivity contribution < 1.29 is 0 Å². The van der Waals surface area contributed by atoms with E-state index in [4.69, 9.17) is 0 Å². The highest BCUT2D eigenvalue weighted by atomic mass is 32.1. The number of nitrogens with one attached hydrogen (secondary N) is 1. The molecular formula is C14H20N4S. The Bertz CT molecular complexity index is 497. The van der Waals surface area contributed by atoms with E-state index in [2.05, 4.69) is 51.7 Å². The first-order valence-electron chi connectivity index (χ1n) is 6.43. The maximum atomic E-state index is 4.66. The molecule has 0 radical (unpaired) electrons. The maximum absolute atomic E-state index is 4.66. The smallest absolute Gasteiger partial charge is 0.185 e. The van der Waals surface area contributed by atoms with Crippen LogP contribution in [0.3, 0.4) is 0 Å². The summed E-state index contributed by atoms with van der Waals surface area (Å²) < 4.78 is 0. The number of aromatic nitrogens is 2. The number of rotatable bonds is 6. The van der Waals surface area contributed by atoms with Crippen LogP contribution >= 0.6 is 11.3 Å². The van der Waals surface area contributed by atoms with E-state index in [-0.39, 0.29) is 0 Å². The van der Waals surface area contributed by atoms with E-state index in [0.29, 0.717) is 6.04 Å². The molecule has 2 rings (SSSR count). The molecule has 0 bridgehead atoms. The summed E-state index contributed by atoms with van der Waals surface area (Å²) in [6.07, 6.45) is 4.69. The first-order chi connectivity index (χ1) is 9.20. The van der Waals surface area contributed by atoms with Gasteiger partial charge < -0.3 is 10.2 Å². The molecule has 0 aliphatic heterocycles. The second kappa shape index (κ2) is 6.63. The fourth-order valence-corrected chi connectivity index (χ4v) is 2.65. The van der Waals surface area contributed by atoms with Gasteiger partial charge in [0, 0.05) is 37.4 Å². The van der Waals surface area contributed by atoms with E-state index in [0.717, 1.165) is 23.8 Å². The van der Waals surface area contributed by atoms with Crippen LogP contribution in [0, 0.1) is 0 Å². The second-order valence-electron chi connectivity index (χ2n) is 4.59. The zero-order chi connectivity index (χ0) is 13.7. The van der Waals surface area contributed by atoms with E-state index in [1.54, 1.807) is 11.3 Å². The minimum Gasteiger partial charge on any atom is -0.351 e. The summed E-state index contributed by atoms with van der Waals surface area (Å²) in [6, 6.07) is 4.42. The number of anilines is 1. The number of hydrogen-bond acceptors (Lipinski definition) is 5. The molecule has 0 aliphatic rings. The number of thiazole rings is 1. The minimum absolute atomic E-state index is 0.304. The molecule has 0 spiro atoms. The van der Waals surface area contributed by atoms with E-state index in [9.17, 15) is 0 Å². The zero-order valence-corrected chi connectivity index (χ0v) is 12.4. The molecule has 1 atom stereocenters. The maximum Gasteiger partial charge on any atom is 0.185 e. The molecule has 4 nitrogen and oxygen atoms in total. The van der Waals surface area contributed by atoms with Gasteiger partial charge in [0.05, 0.1) is 5.69 Å². The highest BCUT2D eigenvalue weighted by molar-refractivity contribution is 7.13. The Hall–Kier alpha value is -1.46. The van der Waals surface area contributed by atoms with Crippen LogP contribution in [0.4, 0.5) is 5.13 Å². The van der Waals surface area contributed by atoms with Crippen molar-refractivity contribution in [3.63, 3.8) is 0 Å². The Balaban J connectivity index is 1.93. The summed E-state index contributed by atoms with van der Waals surface area (Å²) >= 11 is 1.70. The summed E-state index contributed by atoms with van der Waals surface area (Å²) in [5, 5.41) is 6.41. The minimum atomic E-state index is 0.304. The number of pyridine rings is 1. The van der Waals surface area contributed by atoms with Crippen molar-refractivity contribution in [1.82, 2.24) is 15.3 Å². The Morgan fingerprint density at radius 3 is 2.79 bits per heavy atom. The predicted molar refractivity (Wildman–Crippen MR) is 80.8 cm³/mol. The highest BCUT2D eigenvalue weighted by Crippen LogP contribution is 2.23. The standard InChI is InChI=1S/C14H20N4S/c1-11(15-2)13-10-19-14(17-13)18(3)9-6-12-4-7-16-8-5-12/h4-5,7-8,10-11,15H,6,9H2,1-3H3. The molecule has 2 aromatic rings. The van der Waals surface area contributed by atoms with Crippen LogP contribution in [0.5, 0.6) is 0 Å². The van der Waals surface area contributed by atoms with Crippen molar-refractivity contribution in [2.24, 2.45) is 0 Å². The van der Waals surface area contributed by atoms with Crippen molar-refractivity contribution in [3.8, 4) is 0 Å².